The molecule has 106 valence electrons. The van der Waals surface area contributed by atoms with Gasteiger partial charge in [-0.25, -0.2) is 5.43 Å². The minimum Gasteiger partial charge on any atom is -0.496 e. The average Bonchev–Trinajstić information content (AvgIpc) is 2.53. The van der Waals surface area contributed by atoms with Gasteiger partial charge in [0.25, 0.3) is 0 Å². The van der Waals surface area contributed by atoms with E-state index in [-0.39, 0.29) is 12.1 Å². The third-order valence-corrected chi connectivity index (χ3v) is 3.34. The van der Waals surface area contributed by atoms with Gasteiger partial charge in [0, 0.05) is 12.7 Å². The summed E-state index contributed by atoms with van der Waals surface area (Å²) in [6.45, 7) is 0. The Morgan fingerprint density at radius 2 is 1.60 bits per heavy atom. The highest BCUT2D eigenvalue weighted by atomic mass is 16.5. The number of nitrogens with one attached hydrogen (secondary N) is 1. The molecular weight excluding hydrogens is 252 g/mol. The number of benzene rings is 2. The first-order valence-corrected chi connectivity index (χ1v) is 6.48. The fourth-order valence-corrected chi connectivity index (χ4v) is 2.37. The molecule has 2 aromatic rings. The minimum atomic E-state index is -0.197. The summed E-state index contributed by atoms with van der Waals surface area (Å²) < 4.78 is 11.1. The van der Waals surface area contributed by atoms with Gasteiger partial charge in [-0.15, -0.1) is 0 Å². The van der Waals surface area contributed by atoms with Crippen LogP contribution in [0.1, 0.15) is 23.3 Å². The number of para-hydroxylation sites is 1. The maximum Gasteiger partial charge on any atom is 0.123 e. The van der Waals surface area contributed by atoms with Gasteiger partial charge in [0.1, 0.15) is 11.9 Å². The number of hydrogen-bond acceptors (Lipinski definition) is 4. The normalized spacial score (nSPS) is 13.8. The topological polar surface area (TPSA) is 56.5 Å². The van der Waals surface area contributed by atoms with E-state index in [0.717, 1.165) is 16.9 Å². The van der Waals surface area contributed by atoms with Gasteiger partial charge in [-0.1, -0.05) is 48.5 Å². The zero-order chi connectivity index (χ0) is 14.4. The number of rotatable bonds is 6. The van der Waals surface area contributed by atoms with Gasteiger partial charge in [0.15, 0.2) is 0 Å². The molecule has 4 nitrogen and oxygen atoms in total. The third kappa shape index (κ3) is 2.99. The molecule has 0 aromatic heterocycles. The second-order valence-electron chi connectivity index (χ2n) is 4.45. The van der Waals surface area contributed by atoms with E-state index in [1.807, 2.05) is 54.6 Å². The molecule has 0 saturated carbocycles. The summed E-state index contributed by atoms with van der Waals surface area (Å²) in [5.41, 5.74) is 4.86. The lowest BCUT2D eigenvalue weighted by Gasteiger charge is -2.27. The van der Waals surface area contributed by atoms with Crippen molar-refractivity contribution >= 4 is 0 Å². The Kier molecular flexibility index (Phi) is 5.12. The molecule has 2 atom stereocenters. The molecule has 0 fully saturated rings. The van der Waals surface area contributed by atoms with Crippen LogP contribution in [-0.4, -0.2) is 14.2 Å². The Hall–Kier alpha value is -1.88. The number of hydrazine groups is 1. The van der Waals surface area contributed by atoms with E-state index in [9.17, 15) is 0 Å². The van der Waals surface area contributed by atoms with Crippen molar-refractivity contribution in [2.75, 3.05) is 14.2 Å². The number of methoxy groups -OCH3 is 2. The molecule has 2 rings (SSSR count). The zero-order valence-electron chi connectivity index (χ0n) is 11.7. The van der Waals surface area contributed by atoms with Crippen LogP contribution in [-0.2, 0) is 4.74 Å². The van der Waals surface area contributed by atoms with Crippen molar-refractivity contribution in [3.63, 3.8) is 0 Å². The highest BCUT2D eigenvalue weighted by Crippen LogP contribution is 2.35. The van der Waals surface area contributed by atoms with Crippen LogP contribution in [0.15, 0.2) is 54.6 Å². The average molecular weight is 272 g/mol. The third-order valence-electron chi connectivity index (χ3n) is 3.34. The molecule has 0 saturated heterocycles. The molecule has 20 heavy (non-hydrogen) atoms. The lowest BCUT2D eigenvalue weighted by Crippen LogP contribution is -2.33. The second-order valence-corrected chi connectivity index (χ2v) is 4.45. The Bertz CT molecular complexity index is 531. The van der Waals surface area contributed by atoms with E-state index in [2.05, 4.69) is 5.43 Å². The van der Waals surface area contributed by atoms with Crippen LogP contribution >= 0.6 is 0 Å². The number of ether oxygens (including phenoxy) is 2. The van der Waals surface area contributed by atoms with Gasteiger partial charge >= 0.3 is 0 Å². The van der Waals surface area contributed by atoms with Gasteiger partial charge in [-0.3, -0.25) is 5.84 Å². The van der Waals surface area contributed by atoms with Crippen molar-refractivity contribution < 1.29 is 9.47 Å². The molecule has 0 aliphatic heterocycles. The largest absolute Gasteiger partial charge is 0.496 e. The van der Waals surface area contributed by atoms with Crippen molar-refractivity contribution in [3.05, 3.63) is 65.7 Å². The van der Waals surface area contributed by atoms with Crippen LogP contribution in [0.2, 0.25) is 0 Å². The summed E-state index contributed by atoms with van der Waals surface area (Å²) in [6.07, 6.45) is -0.197. The summed E-state index contributed by atoms with van der Waals surface area (Å²) in [5.74, 6) is 6.54. The number of nitrogens with two attached hydrogens (primary N) is 1. The van der Waals surface area contributed by atoms with Crippen LogP contribution in [0, 0.1) is 0 Å². The van der Waals surface area contributed by atoms with Crippen LogP contribution in [0.4, 0.5) is 0 Å². The molecule has 0 radical (unpaired) electrons. The molecule has 2 unspecified atom stereocenters. The fourth-order valence-electron chi connectivity index (χ4n) is 2.37. The maximum absolute atomic E-state index is 5.76. The lowest BCUT2D eigenvalue weighted by molar-refractivity contribution is 0.0668. The standard InChI is InChI=1S/C16H20N2O2/c1-19-14-11-7-6-10-13(14)15(18-17)16(20-2)12-8-4-3-5-9-12/h3-11,15-16,18H,17H2,1-2H3. The van der Waals surface area contributed by atoms with E-state index < -0.39 is 0 Å². The Morgan fingerprint density at radius 3 is 2.20 bits per heavy atom. The smallest absolute Gasteiger partial charge is 0.123 e. The molecular formula is C16H20N2O2. The van der Waals surface area contributed by atoms with Crippen molar-refractivity contribution in [3.8, 4) is 5.75 Å². The van der Waals surface area contributed by atoms with E-state index in [0.29, 0.717) is 0 Å². The van der Waals surface area contributed by atoms with Crippen LogP contribution in [0.5, 0.6) is 5.75 Å². The van der Waals surface area contributed by atoms with E-state index in [4.69, 9.17) is 15.3 Å². The van der Waals surface area contributed by atoms with Gasteiger partial charge in [-0.05, 0) is 11.6 Å². The van der Waals surface area contributed by atoms with Crippen LogP contribution in [0.25, 0.3) is 0 Å². The van der Waals surface area contributed by atoms with Crippen LogP contribution < -0.4 is 16.0 Å². The van der Waals surface area contributed by atoms with Crippen molar-refractivity contribution in [1.29, 1.82) is 0 Å². The maximum atomic E-state index is 5.76. The Balaban J connectivity index is 2.39. The quantitative estimate of drug-likeness (QED) is 0.627. The van der Waals surface area contributed by atoms with Gasteiger partial charge in [0.05, 0.1) is 13.2 Å². The number of hydrogen-bond donors (Lipinski definition) is 2. The fraction of sp³-hybridized carbons (Fsp3) is 0.250. The molecule has 2 aromatic carbocycles. The monoisotopic (exact) mass is 272 g/mol. The Labute approximate surface area is 119 Å². The predicted molar refractivity (Wildman–Crippen MR) is 79.3 cm³/mol. The minimum absolute atomic E-state index is 0.196. The molecule has 0 spiro atoms. The van der Waals surface area contributed by atoms with E-state index >= 15 is 0 Å². The second kappa shape index (κ2) is 7.05. The highest BCUT2D eigenvalue weighted by molar-refractivity contribution is 5.38. The first-order valence-electron chi connectivity index (χ1n) is 6.48. The van der Waals surface area contributed by atoms with E-state index in [1.54, 1.807) is 14.2 Å². The summed E-state index contributed by atoms with van der Waals surface area (Å²) >= 11 is 0. The van der Waals surface area contributed by atoms with Gasteiger partial charge < -0.3 is 9.47 Å². The van der Waals surface area contributed by atoms with Crippen molar-refractivity contribution in [2.45, 2.75) is 12.1 Å². The molecule has 3 N–H and O–H groups in total. The molecule has 0 heterocycles. The summed E-state index contributed by atoms with van der Waals surface area (Å²) in [7, 11) is 3.33. The zero-order valence-corrected chi connectivity index (χ0v) is 11.7. The molecule has 0 aliphatic rings. The van der Waals surface area contributed by atoms with E-state index in [1.165, 1.54) is 0 Å². The molecule has 0 amide bonds. The van der Waals surface area contributed by atoms with Crippen molar-refractivity contribution in [1.82, 2.24) is 5.43 Å². The molecule has 4 heteroatoms. The summed E-state index contributed by atoms with van der Waals surface area (Å²) in [6, 6.07) is 17.6. The first-order chi connectivity index (χ1) is 9.81. The van der Waals surface area contributed by atoms with Crippen molar-refractivity contribution in [2.24, 2.45) is 5.84 Å². The summed E-state index contributed by atoms with van der Waals surface area (Å²) in [4.78, 5) is 0. The molecule has 0 aliphatic carbocycles. The SMILES string of the molecule is COc1ccccc1C(NN)C(OC)c1ccccc1. The molecule has 0 bridgehead atoms. The van der Waals surface area contributed by atoms with Gasteiger partial charge in [0.2, 0.25) is 0 Å². The first kappa shape index (κ1) is 14.5. The highest BCUT2D eigenvalue weighted by Gasteiger charge is 2.26. The summed E-state index contributed by atoms with van der Waals surface area (Å²) in [5, 5.41) is 0. The lowest BCUT2D eigenvalue weighted by atomic mass is 9.95. The Morgan fingerprint density at radius 1 is 0.950 bits per heavy atom. The van der Waals surface area contributed by atoms with Gasteiger partial charge in [-0.2, -0.15) is 0 Å². The predicted octanol–water partition coefficient (Wildman–Crippen LogP) is 2.59. The van der Waals surface area contributed by atoms with Crippen LogP contribution in [0.3, 0.4) is 0 Å².